The van der Waals surface area contributed by atoms with Crippen LogP contribution in [-0.2, 0) is 0 Å². The zero-order chi connectivity index (χ0) is 12.3. The van der Waals surface area contributed by atoms with Crippen molar-refractivity contribution in [3.05, 3.63) is 11.6 Å². The highest BCUT2D eigenvalue weighted by Crippen LogP contribution is 2.32. The van der Waals surface area contributed by atoms with Crippen molar-refractivity contribution in [2.45, 2.75) is 68.2 Å². The maximum Gasteiger partial charge on any atom is -0.0176 e. The molecule has 0 rings (SSSR count). The highest BCUT2D eigenvalue weighted by Gasteiger charge is 2.21. The van der Waals surface area contributed by atoms with Gasteiger partial charge in [-0.3, -0.25) is 0 Å². The molecule has 0 aliphatic rings. The van der Waals surface area contributed by atoms with Crippen molar-refractivity contribution in [1.29, 1.82) is 0 Å². The lowest BCUT2D eigenvalue weighted by Crippen LogP contribution is -2.18. The third-order valence-electron chi connectivity index (χ3n) is 3.99. The van der Waals surface area contributed by atoms with E-state index < -0.39 is 0 Å². The molecule has 0 nitrogen and oxygen atoms in total. The van der Waals surface area contributed by atoms with Crippen molar-refractivity contribution in [3.8, 4) is 0 Å². The molecule has 0 saturated heterocycles. The molecule has 0 heterocycles. The summed E-state index contributed by atoms with van der Waals surface area (Å²) < 4.78 is 0. The van der Waals surface area contributed by atoms with Crippen LogP contribution in [0.4, 0.5) is 0 Å². The number of rotatable bonds is 4. The van der Waals surface area contributed by atoms with Gasteiger partial charge in [-0.2, -0.15) is 0 Å². The Morgan fingerprint density at radius 2 is 1.53 bits per heavy atom. The Bertz CT molecular complexity index is 211. The number of hydrogen-bond donors (Lipinski definition) is 0. The second-order valence-electron chi connectivity index (χ2n) is 6.82. The summed E-state index contributed by atoms with van der Waals surface area (Å²) in [6.45, 7) is 18.5. The summed E-state index contributed by atoms with van der Waals surface area (Å²) in [6.07, 6.45) is 4.93. The summed E-state index contributed by atoms with van der Waals surface area (Å²) in [5.74, 6) is 0.765. The topological polar surface area (TPSA) is 0 Å². The normalized spacial score (nSPS) is 14.9. The highest BCUT2D eigenvalue weighted by molar-refractivity contribution is 5.07. The monoisotopic (exact) mass is 210 g/mol. The Morgan fingerprint density at radius 1 is 1.07 bits per heavy atom. The average Bonchev–Trinajstić information content (AvgIpc) is 2.01. The van der Waals surface area contributed by atoms with Crippen molar-refractivity contribution >= 4 is 0 Å². The van der Waals surface area contributed by atoms with Crippen LogP contribution >= 0.6 is 0 Å². The molecule has 0 atom stereocenters. The summed E-state index contributed by atoms with van der Waals surface area (Å²) in [6, 6.07) is 0. The van der Waals surface area contributed by atoms with Gasteiger partial charge >= 0.3 is 0 Å². The molecule has 0 spiro atoms. The lowest BCUT2D eigenvalue weighted by atomic mass is 9.77. The van der Waals surface area contributed by atoms with Gasteiger partial charge in [0.15, 0.2) is 0 Å². The molecule has 0 saturated carbocycles. The lowest BCUT2D eigenvalue weighted by Gasteiger charge is -2.29. The molecule has 0 N–H and O–H groups in total. The summed E-state index contributed by atoms with van der Waals surface area (Å²) in [5, 5.41) is 0. The van der Waals surface area contributed by atoms with Gasteiger partial charge in [-0.05, 0) is 36.5 Å². The molecule has 0 aromatic rings. The van der Waals surface area contributed by atoms with E-state index in [1.54, 1.807) is 0 Å². The van der Waals surface area contributed by atoms with Crippen molar-refractivity contribution in [3.63, 3.8) is 0 Å². The van der Waals surface area contributed by atoms with Gasteiger partial charge in [-0.1, -0.05) is 60.1 Å². The van der Waals surface area contributed by atoms with Crippen molar-refractivity contribution in [1.82, 2.24) is 0 Å². The Hall–Kier alpha value is -0.260. The summed E-state index contributed by atoms with van der Waals surface area (Å²) in [4.78, 5) is 0. The summed E-state index contributed by atoms with van der Waals surface area (Å²) in [7, 11) is 0. The molecule has 0 aliphatic carbocycles. The summed E-state index contributed by atoms with van der Waals surface area (Å²) in [5.41, 5.74) is 2.32. The van der Waals surface area contributed by atoms with Crippen LogP contribution in [-0.4, -0.2) is 0 Å². The fraction of sp³-hybridized carbons (Fsp3) is 0.867. The van der Waals surface area contributed by atoms with Crippen LogP contribution in [0.15, 0.2) is 11.6 Å². The molecule has 0 bridgehead atoms. The first-order chi connectivity index (χ1) is 6.57. The van der Waals surface area contributed by atoms with Gasteiger partial charge in [0, 0.05) is 0 Å². The Morgan fingerprint density at radius 3 is 1.87 bits per heavy atom. The molecule has 15 heavy (non-hydrogen) atoms. The smallest absolute Gasteiger partial charge is 0.0176 e. The van der Waals surface area contributed by atoms with E-state index in [-0.39, 0.29) is 0 Å². The van der Waals surface area contributed by atoms with Gasteiger partial charge < -0.3 is 0 Å². The van der Waals surface area contributed by atoms with Gasteiger partial charge in [0.05, 0.1) is 0 Å². The van der Waals surface area contributed by atoms with Crippen LogP contribution in [0.25, 0.3) is 0 Å². The van der Waals surface area contributed by atoms with Crippen molar-refractivity contribution < 1.29 is 0 Å². The maximum atomic E-state index is 2.42. The molecular weight excluding hydrogens is 180 g/mol. The third kappa shape index (κ3) is 5.39. The largest absolute Gasteiger partial charge is 0.0851 e. The van der Waals surface area contributed by atoms with E-state index >= 15 is 0 Å². The molecule has 0 amide bonds. The van der Waals surface area contributed by atoms with Gasteiger partial charge in [0.25, 0.3) is 0 Å². The molecule has 0 aromatic carbocycles. The molecule has 0 aromatic heterocycles. The molecular formula is C15H30. The van der Waals surface area contributed by atoms with Crippen molar-refractivity contribution in [2.24, 2.45) is 16.7 Å². The maximum absolute atomic E-state index is 2.42. The highest BCUT2D eigenvalue weighted by atomic mass is 14.3. The zero-order valence-electron chi connectivity index (χ0n) is 12.1. The van der Waals surface area contributed by atoms with E-state index in [0.717, 1.165) is 5.92 Å². The summed E-state index contributed by atoms with van der Waals surface area (Å²) >= 11 is 0. The minimum absolute atomic E-state index is 0.335. The van der Waals surface area contributed by atoms with Crippen LogP contribution in [0.2, 0.25) is 0 Å². The van der Waals surface area contributed by atoms with E-state index in [4.69, 9.17) is 0 Å². The average molecular weight is 210 g/mol. The van der Waals surface area contributed by atoms with E-state index in [1.807, 2.05) is 0 Å². The predicted molar refractivity (Wildman–Crippen MR) is 71.1 cm³/mol. The minimum Gasteiger partial charge on any atom is -0.0851 e. The second kappa shape index (κ2) is 5.18. The van der Waals surface area contributed by atoms with Crippen LogP contribution in [0.3, 0.4) is 0 Å². The number of allylic oxidation sites excluding steroid dienone is 2. The Kier molecular flexibility index (Phi) is 5.09. The molecule has 0 radical (unpaired) electrons. The predicted octanol–water partition coefficient (Wildman–Crippen LogP) is 5.44. The van der Waals surface area contributed by atoms with E-state index in [0.29, 0.717) is 10.8 Å². The number of hydrogen-bond acceptors (Lipinski definition) is 0. The van der Waals surface area contributed by atoms with Gasteiger partial charge in [0.1, 0.15) is 0 Å². The van der Waals surface area contributed by atoms with E-state index in [9.17, 15) is 0 Å². The standard InChI is InChI=1S/C15H30/c1-12(2)15(7,8)11-9-10-13(3)14(4,5)6/h10,12H,9,11H2,1-8H3. The van der Waals surface area contributed by atoms with Crippen LogP contribution in [0, 0.1) is 16.7 Å². The van der Waals surface area contributed by atoms with Gasteiger partial charge in [-0.25, -0.2) is 0 Å². The molecule has 0 aliphatic heterocycles. The first kappa shape index (κ1) is 14.7. The van der Waals surface area contributed by atoms with Gasteiger partial charge in [0.2, 0.25) is 0 Å². The SMILES string of the molecule is CC(=CCCC(C)(C)C(C)C)C(C)(C)C. The molecule has 0 heteroatoms. The fourth-order valence-corrected chi connectivity index (χ4v) is 1.26. The lowest BCUT2D eigenvalue weighted by molar-refractivity contribution is 0.231. The molecule has 90 valence electrons. The minimum atomic E-state index is 0.335. The first-order valence-corrected chi connectivity index (χ1v) is 6.24. The van der Waals surface area contributed by atoms with E-state index in [2.05, 4.69) is 61.5 Å². The van der Waals surface area contributed by atoms with E-state index in [1.165, 1.54) is 18.4 Å². The Balaban J connectivity index is 4.20. The second-order valence-corrected chi connectivity index (χ2v) is 6.82. The first-order valence-electron chi connectivity index (χ1n) is 6.24. The third-order valence-corrected chi connectivity index (χ3v) is 3.99. The van der Waals surface area contributed by atoms with Gasteiger partial charge in [-0.15, -0.1) is 0 Å². The quantitative estimate of drug-likeness (QED) is 0.542. The Labute approximate surface area is 97.2 Å². The fourth-order valence-electron chi connectivity index (χ4n) is 1.26. The molecule has 0 fully saturated rings. The zero-order valence-corrected chi connectivity index (χ0v) is 12.1. The van der Waals surface area contributed by atoms with Crippen LogP contribution < -0.4 is 0 Å². The molecule has 0 unspecified atom stereocenters. The van der Waals surface area contributed by atoms with Crippen molar-refractivity contribution in [2.75, 3.05) is 0 Å². The van der Waals surface area contributed by atoms with Crippen LogP contribution in [0.5, 0.6) is 0 Å². The van der Waals surface area contributed by atoms with Crippen LogP contribution in [0.1, 0.15) is 68.2 Å².